The number of hydrogen-bond acceptors (Lipinski definition) is 3. The molecule has 1 saturated heterocycles. The molecule has 0 atom stereocenters. The second kappa shape index (κ2) is 7.27. The quantitative estimate of drug-likeness (QED) is 0.904. The molecule has 0 radical (unpaired) electrons. The number of likely N-dealkylation sites (tertiary alicyclic amines) is 1. The maximum Gasteiger partial charge on any atom is 0.257 e. The minimum Gasteiger partial charge on any atom is -0.338 e. The number of hydrogen-bond donors (Lipinski definition) is 1. The highest BCUT2D eigenvalue weighted by Crippen LogP contribution is 2.28. The van der Waals surface area contributed by atoms with Crippen LogP contribution in [-0.2, 0) is 6.54 Å². The lowest BCUT2D eigenvalue weighted by molar-refractivity contribution is 0.0705. The number of nitrogens with one attached hydrogen (secondary N) is 1. The van der Waals surface area contributed by atoms with Gasteiger partial charge in [0.2, 0.25) is 0 Å². The third-order valence-corrected chi connectivity index (χ3v) is 4.38. The van der Waals surface area contributed by atoms with Gasteiger partial charge < -0.3 is 10.2 Å². The number of piperidine rings is 1. The molecule has 0 spiro atoms. The Hall–Kier alpha value is -1.07. The van der Waals surface area contributed by atoms with E-state index in [1.54, 1.807) is 10.9 Å². The molecule has 5 nitrogen and oxygen atoms in total. The first kappa shape index (κ1) is 16.3. The second-order valence-electron chi connectivity index (χ2n) is 6.00. The number of carbonyl (C=O) groups excluding carboxylic acids is 1. The first-order valence-corrected chi connectivity index (χ1v) is 7.81. The normalized spacial score (nSPS) is 19.4. The van der Waals surface area contributed by atoms with Crippen LogP contribution in [-0.4, -0.2) is 46.3 Å². The van der Waals surface area contributed by atoms with Gasteiger partial charge in [-0.1, -0.05) is 0 Å². The van der Waals surface area contributed by atoms with Crippen LogP contribution in [0.4, 0.5) is 0 Å². The summed E-state index contributed by atoms with van der Waals surface area (Å²) in [6.45, 7) is 5.72. The predicted molar refractivity (Wildman–Crippen MR) is 84.8 cm³/mol. The van der Waals surface area contributed by atoms with Crippen LogP contribution >= 0.6 is 12.4 Å². The zero-order valence-electron chi connectivity index (χ0n) is 12.6. The third kappa shape index (κ3) is 4.20. The van der Waals surface area contributed by atoms with Crippen molar-refractivity contribution in [1.29, 1.82) is 0 Å². The van der Waals surface area contributed by atoms with Crippen molar-refractivity contribution in [2.45, 2.75) is 45.2 Å². The lowest BCUT2D eigenvalue weighted by Gasteiger charge is -2.32. The summed E-state index contributed by atoms with van der Waals surface area (Å²) in [5, 5.41) is 7.82. The average Bonchev–Trinajstić information content (AvgIpc) is 3.20. The number of amides is 1. The van der Waals surface area contributed by atoms with Gasteiger partial charge in [-0.3, -0.25) is 9.48 Å². The van der Waals surface area contributed by atoms with Gasteiger partial charge in [-0.15, -0.1) is 12.4 Å². The summed E-state index contributed by atoms with van der Waals surface area (Å²) in [7, 11) is 0. The van der Waals surface area contributed by atoms with Gasteiger partial charge in [0.05, 0.1) is 11.8 Å². The molecule has 1 aromatic heterocycles. The van der Waals surface area contributed by atoms with E-state index in [0.29, 0.717) is 6.04 Å². The van der Waals surface area contributed by atoms with Gasteiger partial charge in [-0.25, -0.2) is 0 Å². The van der Waals surface area contributed by atoms with Crippen LogP contribution in [0.3, 0.4) is 0 Å². The van der Waals surface area contributed by atoms with E-state index >= 15 is 0 Å². The summed E-state index contributed by atoms with van der Waals surface area (Å²) in [5.41, 5.74) is 0.719. The van der Waals surface area contributed by atoms with Gasteiger partial charge in [-0.05, 0) is 45.1 Å². The van der Waals surface area contributed by atoms with Crippen molar-refractivity contribution in [2.24, 2.45) is 5.92 Å². The van der Waals surface area contributed by atoms with Crippen LogP contribution in [0.5, 0.6) is 0 Å². The van der Waals surface area contributed by atoms with Crippen LogP contribution in [0.1, 0.15) is 43.0 Å². The fourth-order valence-electron chi connectivity index (χ4n) is 2.77. The minimum absolute atomic E-state index is 0. The Balaban J connectivity index is 0.00000161. The number of rotatable bonds is 5. The van der Waals surface area contributed by atoms with E-state index in [2.05, 4.69) is 10.4 Å². The molecular formula is C15H25ClN4O. The number of nitrogens with zero attached hydrogens (tertiary/aromatic N) is 3. The van der Waals surface area contributed by atoms with Crippen molar-refractivity contribution in [3.8, 4) is 0 Å². The van der Waals surface area contributed by atoms with E-state index in [4.69, 9.17) is 0 Å². The molecule has 6 heteroatoms. The molecule has 1 N–H and O–H groups in total. The van der Waals surface area contributed by atoms with Crippen molar-refractivity contribution in [3.63, 3.8) is 0 Å². The summed E-state index contributed by atoms with van der Waals surface area (Å²) in [4.78, 5) is 14.3. The van der Waals surface area contributed by atoms with Crippen molar-refractivity contribution in [1.82, 2.24) is 20.0 Å². The van der Waals surface area contributed by atoms with Gasteiger partial charge in [0.25, 0.3) is 5.91 Å². The highest BCUT2D eigenvalue weighted by atomic mass is 35.5. The maximum atomic E-state index is 12.4. The summed E-state index contributed by atoms with van der Waals surface area (Å²) in [6, 6.07) is 0.595. The molecule has 2 fully saturated rings. The second-order valence-corrected chi connectivity index (χ2v) is 6.00. The van der Waals surface area contributed by atoms with Crippen LogP contribution in [0.25, 0.3) is 0 Å². The Morgan fingerprint density at radius 3 is 2.62 bits per heavy atom. The summed E-state index contributed by atoms with van der Waals surface area (Å²) < 4.78 is 1.80. The molecule has 1 amide bonds. The van der Waals surface area contributed by atoms with Gasteiger partial charge in [0.15, 0.2) is 0 Å². The molecule has 0 unspecified atom stereocenters. The Bertz CT molecular complexity index is 464. The molecule has 1 aliphatic heterocycles. The van der Waals surface area contributed by atoms with E-state index in [1.165, 1.54) is 19.4 Å². The SMILES string of the molecule is CCn1cc(C(=O)N2CCC(NCC3CC3)CC2)cn1.Cl. The summed E-state index contributed by atoms with van der Waals surface area (Å²) in [6.07, 6.45) is 8.46. The number of carbonyl (C=O) groups is 1. The minimum atomic E-state index is 0. The average molecular weight is 313 g/mol. The molecule has 21 heavy (non-hydrogen) atoms. The molecule has 3 rings (SSSR count). The highest BCUT2D eigenvalue weighted by Gasteiger charge is 2.26. The molecular weight excluding hydrogens is 288 g/mol. The van der Waals surface area contributed by atoms with E-state index in [-0.39, 0.29) is 18.3 Å². The largest absolute Gasteiger partial charge is 0.338 e. The van der Waals surface area contributed by atoms with E-state index in [9.17, 15) is 4.79 Å². The van der Waals surface area contributed by atoms with E-state index < -0.39 is 0 Å². The molecule has 118 valence electrons. The topological polar surface area (TPSA) is 50.2 Å². The van der Waals surface area contributed by atoms with E-state index in [1.807, 2.05) is 18.0 Å². The molecule has 1 saturated carbocycles. The number of aromatic nitrogens is 2. The first-order chi connectivity index (χ1) is 9.76. The Labute approximate surface area is 132 Å². The van der Waals surface area contributed by atoms with Gasteiger partial charge in [0, 0.05) is 31.9 Å². The first-order valence-electron chi connectivity index (χ1n) is 7.81. The lowest BCUT2D eigenvalue weighted by atomic mass is 10.0. The van der Waals surface area contributed by atoms with Crippen LogP contribution in [0, 0.1) is 5.92 Å². The number of halogens is 1. The van der Waals surface area contributed by atoms with Crippen LogP contribution in [0.2, 0.25) is 0 Å². The monoisotopic (exact) mass is 312 g/mol. The maximum absolute atomic E-state index is 12.4. The van der Waals surface area contributed by atoms with Gasteiger partial charge >= 0.3 is 0 Å². The smallest absolute Gasteiger partial charge is 0.257 e. The highest BCUT2D eigenvalue weighted by molar-refractivity contribution is 5.93. The Morgan fingerprint density at radius 1 is 1.33 bits per heavy atom. The molecule has 0 aromatic carbocycles. The Morgan fingerprint density at radius 2 is 2.05 bits per heavy atom. The fourth-order valence-corrected chi connectivity index (χ4v) is 2.77. The fraction of sp³-hybridized carbons (Fsp3) is 0.733. The van der Waals surface area contributed by atoms with Gasteiger partial charge in [-0.2, -0.15) is 5.10 Å². The number of aryl methyl sites for hydroxylation is 1. The predicted octanol–water partition coefficient (Wildman–Crippen LogP) is 1.93. The standard InChI is InChI=1S/C15H24N4O.ClH/c1-2-19-11-13(10-17-19)15(20)18-7-5-14(6-8-18)16-9-12-3-4-12;/h10-12,14,16H,2-9H2,1H3;1H. The molecule has 0 bridgehead atoms. The third-order valence-electron chi connectivity index (χ3n) is 4.38. The lowest BCUT2D eigenvalue weighted by Crippen LogP contribution is -2.45. The van der Waals surface area contributed by atoms with Crippen molar-refractivity contribution < 1.29 is 4.79 Å². The van der Waals surface area contributed by atoms with E-state index in [0.717, 1.165) is 44.0 Å². The molecule has 1 aliphatic carbocycles. The summed E-state index contributed by atoms with van der Waals surface area (Å²) in [5.74, 6) is 1.06. The molecule has 2 heterocycles. The van der Waals surface area contributed by atoms with Crippen LogP contribution < -0.4 is 5.32 Å². The zero-order chi connectivity index (χ0) is 13.9. The van der Waals surface area contributed by atoms with Crippen molar-refractivity contribution in [3.05, 3.63) is 18.0 Å². The zero-order valence-corrected chi connectivity index (χ0v) is 13.4. The van der Waals surface area contributed by atoms with Crippen molar-refractivity contribution in [2.75, 3.05) is 19.6 Å². The van der Waals surface area contributed by atoms with Crippen molar-refractivity contribution >= 4 is 18.3 Å². The molecule has 1 aromatic rings. The molecule has 2 aliphatic rings. The Kier molecular flexibility index (Phi) is 5.65. The van der Waals surface area contributed by atoms with Gasteiger partial charge in [0.1, 0.15) is 0 Å². The summed E-state index contributed by atoms with van der Waals surface area (Å²) >= 11 is 0. The van der Waals surface area contributed by atoms with Crippen LogP contribution in [0.15, 0.2) is 12.4 Å².